The van der Waals surface area contributed by atoms with Crippen molar-refractivity contribution in [3.8, 4) is 0 Å². The Hall–Kier alpha value is -5.23. The SMILES string of the molecule is [C-]#[N+]CCOP1(=S)OC[C@@H]2C[C@@H](OS(=O)(=O)CC[C@H]3O[C@@H](n4cnc5c(NC(=O)c6ccccc6)ncnc54)[C@@H](F)[C@@H]3O1)[C@H](n1nnc3c(=O)[nH]c(NC(=O)C(C)C)nc31)O2. The highest BCUT2D eigenvalue weighted by Crippen LogP contribution is 2.55. The summed E-state index contributed by atoms with van der Waals surface area (Å²) in [7, 11) is -4.47. The third-order valence-electron chi connectivity index (χ3n) is 9.70. The van der Waals surface area contributed by atoms with E-state index >= 15 is 4.39 Å². The van der Waals surface area contributed by atoms with E-state index in [-0.39, 0.29) is 66.7 Å². The second-order valence-corrected chi connectivity index (χ2v) is 18.9. The third kappa shape index (κ3) is 8.92. The van der Waals surface area contributed by atoms with Crippen molar-refractivity contribution in [2.75, 3.05) is 36.1 Å². The minimum Gasteiger partial charge on any atom is -0.349 e. The Morgan fingerprint density at radius 3 is 2.69 bits per heavy atom. The molecule has 1 unspecified atom stereocenters. The van der Waals surface area contributed by atoms with Crippen LogP contribution in [-0.2, 0) is 53.9 Å². The molecule has 2 bridgehead atoms. The maximum absolute atomic E-state index is 16.9. The van der Waals surface area contributed by atoms with Gasteiger partial charge >= 0.3 is 6.72 Å². The summed E-state index contributed by atoms with van der Waals surface area (Å²) in [6.07, 6.45) is -8.17. The number of alkyl halides is 1. The Labute approximate surface area is 349 Å². The molecule has 4 aromatic heterocycles. The van der Waals surface area contributed by atoms with E-state index in [1.54, 1.807) is 44.2 Å². The molecule has 3 fully saturated rings. The van der Waals surface area contributed by atoms with Gasteiger partial charge in [-0.25, -0.2) is 25.9 Å². The standard InChI is InChI=1S/C34H36FN12O11PS2/c1-17(2)29(48)42-34-41-28-24(31(50)43-34)44-45-47(28)32-21-13-19(55-32)14-54-59(60,53-11-10-36-3)57-25-20(9-12-61(51,52)58-21)56-33(22(25)35)46-16-39-23-26(37-15-38-27(23)46)40-30(49)18-7-5-4-6-8-18/h4-8,15-17,19-22,25,32-33H,9-14H2,1-2H3,(H,37,38,40,49)(H2,41,42,43,48,50)/t19-,20+,21+,22-,25+,32+,33+,59?/m0/s1. The zero-order valence-electron chi connectivity index (χ0n) is 32.1. The summed E-state index contributed by atoms with van der Waals surface area (Å²) in [5.74, 6) is -2.24. The fourth-order valence-corrected chi connectivity index (χ4v) is 10.0. The van der Waals surface area contributed by atoms with Crippen molar-refractivity contribution in [3.63, 3.8) is 0 Å². The smallest absolute Gasteiger partial charge is 0.327 e. The van der Waals surface area contributed by atoms with Crippen LogP contribution in [0.4, 0.5) is 16.2 Å². The van der Waals surface area contributed by atoms with Crippen molar-refractivity contribution in [1.82, 2.24) is 44.5 Å². The highest BCUT2D eigenvalue weighted by molar-refractivity contribution is 8.07. The molecular formula is C34H36FN12O11PS2. The number of hydrogen-bond donors (Lipinski definition) is 3. The molecule has 5 aromatic rings. The number of aromatic nitrogens is 9. The monoisotopic (exact) mass is 902 g/mol. The van der Waals surface area contributed by atoms with Crippen molar-refractivity contribution in [2.45, 2.75) is 69.7 Å². The molecule has 0 saturated carbocycles. The molecule has 0 radical (unpaired) electrons. The molecule has 7 heterocycles. The van der Waals surface area contributed by atoms with Gasteiger partial charge in [0.05, 0.1) is 30.9 Å². The molecule has 3 N–H and O–H groups in total. The number of imidazole rings is 1. The predicted octanol–water partition coefficient (Wildman–Crippen LogP) is 2.41. The van der Waals surface area contributed by atoms with Gasteiger partial charge in [-0.2, -0.15) is 18.1 Å². The number of hydrogen-bond acceptors (Lipinski definition) is 18. The number of rotatable bonds is 9. The number of anilines is 2. The van der Waals surface area contributed by atoms with E-state index in [1.165, 1.54) is 10.9 Å². The number of halogens is 1. The summed E-state index contributed by atoms with van der Waals surface area (Å²) in [6, 6.07) is 8.37. The minimum absolute atomic E-state index is 0.0418. The average Bonchev–Trinajstić information content (AvgIpc) is 4.02. The summed E-state index contributed by atoms with van der Waals surface area (Å²) in [5, 5.41) is 13.1. The predicted molar refractivity (Wildman–Crippen MR) is 212 cm³/mol. The lowest BCUT2D eigenvalue weighted by Crippen LogP contribution is -2.34. The molecule has 2 amide bonds. The summed E-state index contributed by atoms with van der Waals surface area (Å²) >= 11 is 5.76. The fraction of sp³-hybridized carbons (Fsp3) is 0.471. The maximum Gasteiger partial charge on any atom is 0.327 e. The summed E-state index contributed by atoms with van der Waals surface area (Å²) in [6.45, 7) is 5.77. The van der Waals surface area contributed by atoms with E-state index in [9.17, 15) is 22.8 Å². The summed E-state index contributed by atoms with van der Waals surface area (Å²) in [5.41, 5.74) is -0.582. The first kappa shape index (κ1) is 42.5. The van der Waals surface area contributed by atoms with Gasteiger partial charge in [0.1, 0.15) is 25.1 Å². The van der Waals surface area contributed by atoms with Gasteiger partial charge in [0, 0.05) is 17.9 Å². The number of fused-ring (bicyclic) bond motifs is 5. The van der Waals surface area contributed by atoms with Crippen LogP contribution in [0.5, 0.6) is 0 Å². The zero-order chi connectivity index (χ0) is 43.1. The van der Waals surface area contributed by atoms with Crippen LogP contribution in [0.3, 0.4) is 0 Å². The van der Waals surface area contributed by atoms with Crippen LogP contribution in [-0.4, -0.2) is 121 Å². The number of nitrogens with zero attached hydrogens (tertiary/aromatic N) is 9. The number of H-pyrrole nitrogens is 1. The lowest BCUT2D eigenvalue weighted by molar-refractivity contribution is -0.118. The van der Waals surface area contributed by atoms with Gasteiger partial charge in [-0.05, 0) is 30.4 Å². The van der Waals surface area contributed by atoms with Gasteiger partial charge in [0.25, 0.3) is 21.6 Å². The lowest BCUT2D eigenvalue weighted by Gasteiger charge is -2.28. The van der Waals surface area contributed by atoms with Crippen LogP contribution < -0.4 is 16.2 Å². The zero-order valence-corrected chi connectivity index (χ0v) is 34.6. The molecule has 8 atom stereocenters. The quantitative estimate of drug-likeness (QED) is 0.0829. The van der Waals surface area contributed by atoms with Gasteiger partial charge in [0.2, 0.25) is 18.4 Å². The largest absolute Gasteiger partial charge is 0.349 e. The van der Waals surface area contributed by atoms with E-state index in [4.69, 9.17) is 45.6 Å². The molecule has 0 aliphatic carbocycles. The molecule has 27 heteroatoms. The second kappa shape index (κ2) is 17.3. The molecule has 1 aromatic carbocycles. The Morgan fingerprint density at radius 2 is 1.92 bits per heavy atom. The molecule has 322 valence electrons. The molecule has 3 aliphatic heterocycles. The number of nitrogens with one attached hydrogen (secondary N) is 3. The number of carbonyl (C=O) groups is 2. The average molecular weight is 903 g/mol. The van der Waals surface area contributed by atoms with Crippen LogP contribution in [0, 0.1) is 12.5 Å². The van der Waals surface area contributed by atoms with Crippen LogP contribution in [0.15, 0.2) is 47.8 Å². The van der Waals surface area contributed by atoms with Crippen molar-refractivity contribution in [3.05, 3.63) is 70.3 Å². The topological polar surface area (TPSA) is 272 Å². The molecule has 3 aliphatic rings. The third-order valence-corrected chi connectivity index (χ3v) is 13.3. The Morgan fingerprint density at radius 1 is 1.11 bits per heavy atom. The van der Waals surface area contributed by atoms with E-state index in [2.05, 4.69) is 50.7 Å². The van der Waals surface area contributed by atoms with Gasteiger partial charge in [-0.1, -0.05) is 37.3 Å². The van der Waals surface area contributed by atoms with E-state index in [0.717, 1.165) is 11.0 Å². The number of amides is 2. The first-order valence-corrected chi connectivity index (χ1v) is 22.8. The first-order chi connectivity index (χ1) is 29.2. The van der Waals surface area contributed by atoms with E-state index in [0.29, 0.717) is 5.56 Å². The van der Waals surface area contributed by atoms with Crippen molar-refractivity contribution in [1.29, 1.82) is 0 Å². The Bertz CT molecular complexity index is 2730. The normalized spacial score (nSPS) is 27.8. The van der Waals surface area contributed by atoms with Gasteiger partial charge < -0.3 is 28.7 Å². The van der Waals surface area contributed by atoms with Crippen molar-refractivity contribution >= 4 is 74.6 Å². The molecule has 61 heavy (non-hydrogen) atoms. The molecule has 0 spiro atoms. The van der Waals surface area contributed by atoms with Gasteiger partial charge in [0.15, 0.2) is 46.8 Å². The van der Waals surface area contributed by atoms with Crippen molar-refractivity contribution < 1.29 is 49.6 Å². The van der Waals surface area contributed by atoms with Gasteiger partial charge in [-0.15, -0.1) is 5.10 Å². The van der Waals surface area contributed by atoms with Crippen LogP contribution in [0.25, 0.3) is 27.2 Å². The van der Waals surface area contributed by atoms with E-state index in [1.807, 2.05) is 0 Å². The molecule has 8 rings (SSSR count). The van der Waals surface area contributed by atoms with Crippen LogP contribution in [0.2, 0.25) is 0 Å². The lowest BCUT2D eigenvalue weighted by atomic mass is 10.1. The second-order valence-electron chi connectivity index (χ2n) is 14.2. The summed E-state index contributed by atoms with van der Waals surface area (Å²) < 4.78 is 82.7. The van der Waals surface area contributed by atoms with E-state index < -0.39 is 88.9 Å². The van der Waals surface area contributed by atoms with Crippen LogP contribution in [0.1, 0.15) is 49.5 Å². The van der Waals surface area contributed by atoms with Crippen molar-refractivity contribution in [2.24, 2.45) is 5.92 Å². The van der Waals surface area contributed by atoms with Crippen LogP contribution >= 0.6 is 6.72 Å². The Kier molecular flexibility index (Phi) is 12.0. The number of ether oxygens (including phenoxy) is 2. The van der Waals surface area contributed by atoms with Gasteiger partial charge in [-0.3, -0.25) is 38.0 Å². The number of benzene rings is 1. The maximum atomic E-state index is 16.9. The summed E-state index contributed by atoms with van der Waals surface area (Å²) in [4.78, 5) is 61.0. The number of carbonyl (C=O) groups excluding carboxylic acids is 2. The fourth-order valence-electron chi connectivity index (χ4n) is 6.75. The molecular weight excluding hydrogens is 867 g/mol. The number of aromatic amines is 1. The Balaban J connectivity index is 1.09. The molecule has 3 saturated heterocycles. The molecule has 23 nitrogen and oxygen atoms in total. The highest BCUT2D eigenvalue weighted by atomic mass is 32.5. The minimum atomic E-state index is -4.47. The highest BCUT2D eigenvalue weighted by Gasteiger charge is 2.51. The first-order valence-electron chi connectivity index (χ1n) is 18.7.